The van der Waals surface area contributed by atoms with Crippen LogP contribution in [0.5, 0.6) is 6.01 Å². The SMILES string of the molecule is O=C(O)C(F)(F)F.O[C@@H]1CO[C@H]2[C@@H]1OC[C@H]2Oc1nc2nc(-c3ccc(N4C[C@@H](O)[C@H](O)C4)cc3)c(Cl)cc2[nH]1. The number of anilines is 1. The minimum absolute atomic E-state index is 0.230. The van der Waals surface area contributed by atoms with Gasteiger partial charge in [0.15, 0.2) is 11.8 Å². The molecular formula is C24H24ClF3N4O8. The van der Waals surface area contributed by atoms with Gasteiger partial charge in [0.1, 0.15) is 18.3 Å². The van der Waals surface area contributed by atoms with E-state index in [-0.39, 0.29) is 30.9 Å². The fourth-order valence-corrected chi connectivity index (χ4v) is 4.91. The molecule has 3 aromatic rings. The van der Waals surface area contributed by atoms with E-state index >= 15 is 0 Å². The molecule has 0 bridgehead atoms. The Balaban J connectivity index is 0.000000411. The molecule has 40 heavy (non-hydrogen) atoms. The van der Waals surface area contributed by atoms with Crippen LogP contribution >= 0.6 is 11.6 Å². The first kappa shape index (κ1) is 28.3. The van der Waals surface area contributed by atoms with Gasteiger partial charge in [-0.05, 0) is 18.2 Å². The Morgan fingerprint density at radius 3 is 2.27 bits per heavy atom. The number of alkyl halides is 3. The van der Waals surface area contributed by atoms with E-state index in [0.29, 0.717) is 41.6 Å². The van der Waals surface area contributed by atoms with Crippen molar-refractivity contribution in [1.29, 1.82) is 0 Å². The molecule has 1 aromatic carbocycles. The van der Waals surface area contributed by atoms with Crippen molar-refractivity contribution in [1.82, 2.24) is 15.0 Å². The smallest absolute Gasteiger partial charge is 0.475 e. The van der Waals surface area contributed by atoms with Crippen LogP contribution in [0.15, 0.2) is 30.3 Å². The van der Waals surface area contributed by atoms with E-state index in [9.17, 15) is 28.5 Å². The lowest BCUT2D eigenvalue weighted by Crippen LogP contribution is -2.34. The maximum Gasteiger partial charge on any atom is 0.490 e. The minimum atomic E-state index is -5.08. The average Bonchev–Trinajstić information content (AvgIpc) is 3.65. The Bertz CT molecular complexity index is 1360. The number of imidazole rings is 1. The number of H-pyrrole nitrogens is 1. The van der Waals surface area contributed by atoms with Crippen molar-refractivity contribution in [3.05, 3.63) is 35.4 Å². The lowest BCUT2D eigenvalue weighted by atomic mass is 10.1. The largest absolute Gasteiger partial charge is 0.490 e. The minimum Gasteiger partial charge on any atom is -0.475 e. The number of carboxylic acid groups (broad SMARTS) is 1. The van der Waals surface area contributed by atoms with E-state index in [2.05, 4.69) is 15.0 Å². The van der Waals surface area contributed by atoms with E-state index in [1.807, 2.05) is 29.2 Å². The number of nitrogens with one attached hydrogen (secondary N) is 1. The third-order valence-corrected chi connectivity index (χ3v) is 6.95. The summed E-state index contributed by atoms with van der Waals surface area (Å²) in [6.45, 7) is 1.31. The molecule has 5 heterocycles. The van der Waals surface area contributed by atoms with Gasteiger partial charge in [-0.25, -0.2) is 9.78 Å². The Labute approximate surface area is 228 Å². The van der Waals surface area contributed by atoms with Crippen LogP contribution in [0, 0.1) is 0 Å². The van der Waals surface area contributed by atoms with Crippen molar-refractivity contribution in [3.8, 4) is 17.3 Å². The molecule has 12 nitrogen and oxygen atoms in total. The molecule has 3 aliphatic rings. The molecule has 0 radical (unpaired) electrons. The maximum absolute atomic E-state index is 10.6. The van der Waals surface area contributed by atoms with Crippen molar-refractivity contribution in [2.45, 2.75) is 42.8 Å². The number of fused-ring (bicyclic) bond motifs is 2. The highest BCUT2D eigenvalue weighted by molar-refractivity contribution is 6.33. The highest BCUT2D eigenvalue weighted by Crippen LogP contribution is 2.33. The zero-order valence-corrected chi connectivity index (χ0v) is 21.2. The zero-order chi connectivity index (χ0) is 28.8. The standard InChI is InChI=1S/C22H23ClN4O6.C2HF3O2/c23-12-5-13-21(26-22(24-13)33-17-9-32-19-16(30)8-31-20(17)19)25-18(12)10-1-3-11(4-2-10)27-6-14(28)15(29)7-27;3-2(4,5)1(6)7/h1-5,14-17,19-20,28-30H,6-9H2,(H,24,25,26);(H,6,7)/t14-,15-,16-,17-,19-,20-;/m1./s1. The number of carbonyl (C=O) groups is 1. The highest BCUT2D eigenvalue weighted by atomic mass is 35.5. The number of ether oxygens (including phenoxy) is 3. The molecule has 0 amide bonds. The van der Waals surface area contributed by atoms with Gasteiger partial charge in [0.2, 0.25) is 0 Å². The van der Waals surface area contributed by atoms with Crippen molar-refractivity contribution >= 4 is 34.4 Å². The van der Waals surface area contributed by atoms with Crippen LogP contribution in [0.3, 0.4) is 0 Å². The fourth-order valence-electron chi connectivity index (χ4n) is 4.65. The number of nitrogens with zero attached hydrogens (tertiary/aromatic N) is 3. The molecule has 0 spiro atoms. The van der Waals surface area contributed by atoms with Crippen LogP contribution in [0.2, 0.25) is 5.02 Å². The molecule has 16 heteroatoms. The zero-order valence-electron chi connectivity index (χ0n) is 20.5. The monoisotopic (exact) mass is 588 g/mol. The number of carboxylic acids is 1. The first-order valence-corrected chi connectivity index (χ1v) is 12.4. The number of aliphatic hydroxyl groups excluding tert-OH is 3. The van der Waals surface area contributed by atoms with Crippen LogP contribution in [0.25, 0.3) is 22.4 Å². The van der Waals surface area contributed by atoms with Crippen LogP contribution in [0.1, 0.15) is 0 Å². The Hall–Kier alpha value is -3.21. The van der Waals surface area contributed by atoms with Gasteiger partial charge < -0.3 is 44.5 Å². The molecule has 0 saturated carbocycles. The number of halogens is 4. The molecular weight excluding hydrogens is 565 g/mol. The van der Waals surface area contributed by atoms with E-state index in [1.54, 1.807) is 6.07 Å². The van der Waals surface area contributed by atoms with Crippen molar-refractivity contribution < 1.29 is 52.6 Å². The summed E-state index contributed by atoms with van der Waals surface area (Å²) >= 11 is 6.52. The molecule has 3 saturated heterocycles. The molecule has 0 unspecified atom stereocenters. The molecule has 6 atom stereocenters. The molecule has 2 aromatic heterocycles. The number of pyridine rings is 1. The molecule has 216 valence electrons. The number of β-amino-alcohol motifs (C(OH)–C–C–N with tert-alkyl or cyclic N) is 2. The van der Waals surface area contributed by atoms with Crippen LogP contribution < -0.4 is 9.64 Å². The highest BCUT2D eigenvalue weighted by Gasteiger charge is 2.48. The summed E-state index contributed by atoms with van der Waals surface area (Å²) in [7, 11) is 0. The van der Waals surface area contributed by atoms with Gasteiger partial charge in [0, 0.05) is 24.3 Å². The predicted octanol–water partition coefficient (Wildman–Crippen LogP) is 1.36. The number of aromatic amines is 1. The van der Waals surface area contributed by atoms with Crippen LogP contribution in [-0.2, 0) is 14.3 Å². The van der Waals surface area contributed by atoms with E-state index in [4.69, 9.17) is 35.7 Å². The van der Waals surface area contributed by atoms with Gasteiger partial charge >= 0.3 is 12.1 Å². The van der Waals surface area contributed by atoms with Crippen molar-refractivity contribution in [3.63, 3.8) is 0 Å². The van der Waals surface area contributed by atoms with E-state index in [1.165, 1.54) is 0 Å². The second-order valence-corrected chi connectivity index (χ2v) is 9.85. The predicted molar refractivity (Wildman–Crippen MR) is 132 cm³/mol. The first-order chi connectivity index (χ1) is 18.9. The molecule has 5 N–H and O–H groups in total. The van der Waals surface area contributed by atoms with Crippen molar-refractivity contribution in [2.75, 3.05) is 31.2 Å². The third-order valence-electron chi connectivity index (χ3n) is 6.66. The quantitative estimate of drug-likeness (QED) is 0.298. The summed E-state index contributed by atoms with van der Waals surface area (Å²) in [6, 6.07) is 9.66. The lowest BCUT2D eigenvalue weighted by Gasteiger charge is -2.18. The molecule has 3 fully saturated rings. The van der Waals surface area contributed by atoms with E-state index < -0.39 is 30.5 Å². The number of aliphatic carboxylic acids is 1. The summed E-state index contributed by atoms with van der Waals surface area (Å²) in [5.74, 6) is -2.76. The Morgan fingerprint density at radius 2 is 1.65 bits per heavy atom. The van der Waals surface area contributed by atoms with Gasteiger partial charge in [0.25, 0.3) is 6.01 Å². The second kappa shape index (κ2) is 11.0. The second-order valence-electron chi connectivity index (χ2n) is 9.44. The van der Waals surface area contributed by atoms with Crippen LogP contribution in [-0.4, -0.2) is 110 Å². The number of hydrogen-bond acceptors (Lipinski definition) is 10. The van der Waals surface area contributed by atoms with Gasteiger partial charge in [-0.3, -0.25) is 0 Å². The summed E-state index contributed by atoms with van der Waals surface area (Å²) in [6.07, 6.45) is -8.31. The Kier molecular flexibility index (Phi) is 7.78. The number of aliphatic hydroxyl groups is 3. The molecule has 6 rings (SSSR count). The van der Waals surface area contributed by atoms with Gasteiger partial charge in [-0.2, -0.15) is 18.2 Å². The summed E-state index contributed by atoms with van der Waals surface area (Å²) in [5.41, 5.74) is 3.40. The topological polar surface area (TPSA) is 170 Å². The fraction of sp³-hybridized carbons (Fsp3) is 0.458. The van der Waals surface area contributed by atoms with Crippen LogP contribution in [0.4, 0.5) is 18.9 Å². The number of aromatic nitrogens is 3. The summed E-state index contributed by atoms with van der Waals surface area (Å²) in [4.78, 5) is 23.0. The number of hydrogen-bond donors (Lipinski definition) is 5. The summed E-state index contributed by atoms with van der Waals surface area (Å²) < 4.78 is 48.9. The number of rotatable bonds is 4. The molecule has 0 aliphatic carbocycles. The van der Waals surface area contributed by atoms with Gasteiger partial charge in [-0.15, -0.1) is 0 Å². The summed E-state index contributed by atoms with van der Waals surface area (Å²) in [5, 5.41) is 37.0. The number of benzene rings is 1. The first-order valence-electron chi connectivity index (χ1n) is 12.1. The Morgan fingerprint density at radius 1 is 1.02 bits per heavy atom. The average molecular weight is 589 g/mol. The van der Waals surface area contributed by atoms with Crippen molar-refractivity contribution in [2.24, 2.45) is 0 Å². The maximum atomic E-state index is 10.6. The van der Waals surface area contributed by atoms with E-state index in [0.717, 1.165) is 11.3 Å². The van der Waals surface area contributed by atoms with Gasteiger partial charge in [-0.1, -0.05) is 23.7 Å². The van der Waals surface area contributed by atoms with Gasteiger partial charge in [0.05, 0.1) is 41.7 Å². The lowest BCUT2D eigenvalue weighted by molar-refractivity contribution is -0.192. The third kappa shape index (κ3) is 5.80. The normalized spacial score (nSPS) is 27.9. The molecule has 3 aliphatic heterocycles.